The molecule has 1 aromatic heterocycles. The highest BCUT2D eigenvalue weighted by Gasteiger charge is 2.19. The number of nitrogens with zero attached hydrogens (tertiary/aromatic N) is 2. The van der Waals surface area contributed by atoms with Crippen LogP contribution in [-0.4, -0.2) is 28.5 Å². The third kappa shape index (κ3) is 3.49. The Balaban J connectivity index is 1.83. The molecule has 2 rings (SSSR count). The number of hydrogen-bond acceptors (Lipinski definition) is 4. The maximum absolute atomic E-state index is 11.8. The zero-order valence-electron chi connectivity index (χ0n) is 10.1. The van der Waals surface area contributed by atoms with Crippen molar-refractivity contribution in [3.63, 3.8) is 0 Å². The van der Waals surface area contributed by atoms with Gasteiger partial charge in [-0.25, -0.2) is 9.97 Å². The Morgan fingerprint density at radius 2 is 2.47 bits per heavy atom. The Labute approximate surface area is 101 Å². The fourth-order valence-electron chi connectivity index (χ4n) is 1.98. The van der Waals surface area contributed by atoms with Crippen molar-refractivity contribution in [1.29, 1.82) is 0 Å². The van der Waals surface area contributed by atoms with E-state index in [0.29, 0.717) is 6.54 Å². The minimum atomic E-state index is -0.0355. The molecule has 0 aromatic carbocycles. The van der Waals surface area contributed by atoms with Gasteiger partial charge < -0.3 is 10.6 Å². The summed E-state index contributed by atoms with van der Waals surface area (Å²) >= 11 is 0. The maximum Gasteiger partial charge on any atom is 0.237 e. The summed E-state index contributed by atoms with van der Waals surface area (Å²) in [5.74, 6) is 0.800. The van der Waals surface area contributed by atoms with Crippen LogP contribution in [0.4, 0.5) is 0 Å². The first-order valence-corrected chi connectivity index (χ1v) is 6.05. The number of rotatable bonds is 3. The normalized spacial score (nSPS) is 19.9. The molecule has 0 aliphatic carbocycles. The Bertz CT molecular complexity index is 388. The van der Waals surface area contributed by atoms with Crippen molar-refractivity contribution >= 4 is 5.91 Å². The summed E-state index contributed by atoms with van der Waals surface area (Å²) in [6.07, 6.45) is 4.92. The predicted octanol–water partition coefficient (Wildman–Crippen LogP) is 0.543. The van der Waals surface area contributed by atoms with Crippen molar-refractivity contribution in [1.82, 2.24) is 20.6 Å². The van der Waals surface area contributed by atoms with E-state index in [0.717, 1.165) is 37.3 Å². The van der Waals surface area contributed by atoms with Crippen LogP contribution in [0.25, 0.3) is 0 Å². The van der Waals surface area contributed by atoms with Crippen LogP contribution in [0.2, 0.25) is 0 Å². The number of carbonyl (C=O) groups is 1. The third-order valence-corrected chi connectivity index (χ3v) is 2.90. The predicted molar refractivity (Wildman–Crippen MR) is 64.3 cm³/mol. The van der Waals surface area contributed by atoms with Crippen LogP contribution in [0.15, 0.2) is 12.3 Å². The van der Waals surface area contributed by atoms with E-state index in [9.17, 15) is 4.79 Å². The van der Waals surface area contributed by atoms with E-state index in [1.54, 1.807) is 6.20 Å². The highest BCUT2D eigenvalue weighted by Crippen LogP contribution is 2.07. The maximum atomic E-state index is 11.8. The van der Waals surface area contributed by atoms with Crippen LogP contribution in [0.3, 0.4) is 0 Å². The summed E-state index contributed by atoms with van der Waals surface area (Å²) in [5, 5.41) is 6.13. The van der Waals surface area contributed by atoms with Crippen LogP contribution in [0.5, 0.6) is 0 Å². The molecule has 5 heteroatoms. The first-order valence-electron chi connectivity index (χ1n) is 6.05. The van der Waals surface area contributed by atoms with Crippen LogP contribution in [0.1, 0.15) is 30.8 Å². The lowest BCUT2D eigenvalue weighted by atomic mass is 10.0. The molecule has 0 bridgehead atoms. The molecule has 1 aliphatic heterocycles. The molecule has 1 amide bonds. The van der Waals surface area contributed by atoms with Crippen molar-refractivity contribution in [2.24, 2.45) is 0 Å². The topological polar surface area (TPSA) is 66.9 Å². The van der Waals surface area contributed by atoms with Crippen LogP contribution < -0.4 is 10.6 Å². The van der Waals surface area contributed by atoms with Gasteiger partial charge in [0.2, 0.25) is 5.91 Å². The third-order valence-electron chi connectivity index (χ3n) is 2.90. The molecular weight excluding hydrogens is 216 g/mol. The number of aromatic nitrogens is 2. The van der Waals surface area contributed by atoms with Gasteiger partial charge in [-0.15, -0.1) is 0 Å². The molecule has 1 fully saturated rings. The fourth-order valence-corrected chi connectivity index (χ4v) is 1.98. The van der Waals surface area contributed by atoms with Gasteiger partial charge in [0.05, 0.1) is 18.3 Å². The number of aryl methyl sites for hydroxylation is 1. The first-order chi connectivity index (χ1) is 8.25. The Kier molecular flexibility index (Phi) is 4.03. The lowest BCUT2D eigenvalue weighted by molar-refractivity contribution is -0.123. The molecule has 5 nitrogen and oxygen atoms in total. The van der Waals surface area contributed by atoms with Crippen molar-refractivity contribution in [2.75, 3.05) is 6.54 Å². The summed E-state index contributed by atoms with van der Waals surface area (Å²) in [4.78, 5) is 20.1. The van der Waals surface area contributed by atoms with E-state index < -0.39 is 0 Å². The van der Waals surface area contributed by atoms with Crippen molar-refractivity contribution in [3.8, 4) is 0 Å². The van der Waals surface area contributed by atoms with Gasteiger partial charge in [0, 0.05) is 6.20 Å². The molecule has 0 saturated carbocycles. The second-order valence-corrected chi connectivity index (χ2v) is 4.32. The molecule has 1 aromatic rings. The monoisotopic (exact) mass is 234 g/mol. The lowest BCUT2D eigenvalue weighted by Crippen LogP contribution is -2.46. The highest BCUT2D eigenvalue weighted by molar-refractivity contribution is 5.81. The number of amides is 1. The lowest BCUT2D eigenvalue weighted by Gasteiger charge is -2.22. The minimum Gasteiger partial charge on any atom is -0.349 e. The summed E-state index contributed by atoms with van der Waals surface area (Å²) in [6.45, 7) is 3.25. The molecule has 2 heterocycles. The average Bonchev–Trinajstić information content (AvgIpc) is 2.37. The molecule has 1 atom stereocenters. The molecule has 92 valence electrons. The van der Waals surface area contributed by atoms with Gasteiger partial charge in [-0.2, -0.15) is 0 Å². The molecule has 2 N–H and O–H groups in total. The zero-order valence-corrected chi connectivity index (χ0v) is 10.1. The van der Waals surface area contributed by atoms with Gasteiger partial charge in [0.1, 0.15) is 5.82 Å². The molecule has 1 saturated heterocycles. The number of hydrogen-bond donors (Lipinski definition) is 2. The molecular formula is C12H18N4O. The summed E-state index contributed by atoms with van der Waals surface area (Å²) in [5.41, 5.74) is 0.849. The van der Waals surface area contributed by atoms with Crippen LogP contribution in [-0.2, 0) is 11.3 Å². The van der Waals surface area contributed by atoms with Gasteiger partial charge in [0.25, 0.3) is 0 Å². The molecule has 1 aliphatic rings. The van der Waals surface area contributed by atoms with E-state index in [2.05, 4.69) is 20.6 Å². The van der Waals surface area contributed by atoms with E-state index in [1.807, 2.05) is 13.0 Å². The molecule has 17 heavy (non-hydrogen) atoms. The van der Waals surface area contributed by atoms with Crippen molar-refractivity contribution < 1.29 is 4.79 Å². The van der Waals surface area contributed by atoms with Gasteiger partial charge in [-0.05, 0) is 32.4 Å². The van der Waals surface area contributed by atoms with Crippen LogP contribution >= 0.6 is 0 Å². The van der Waals surface area contributed by atoms with E-state index in [4.69, 9.17) is 0 Å². The van der Waals surface area contributed by atoms with E-state index in [-0.39, 0.29) is 11.9 Å². The van der Waals surface area contributed by atoms with Gasteiger partial charge in [-0.1, -0.05) is 6.42 Å². The highest BCUT2D eigenvalue weighted by atomic mass is 16.2. The van der Waals surface area contributed by atoms with Gasteiger partial charge in [0.15, 0.2) is 0 Å². The Morgan fingerprint density at radius 3 is 3.18 bits per heavy atom. The van der Waals surface area contributed by atoms with Crippen LogP contribution in [0, 0.1) is 6.92 Å². The second-order valence-electron chi connectivity index (χ2n) is 4.32. The minimum absolute atomic E-state index is 0.0355. The summed E-state index contributed by atoms with van der Waals surface area (Å²) < 4.78 is 0. The number of piperidine rings is 1. The standard InChI is InChI=1S/C12H18N4O/c1-9-13-7-5-10(16-9)8-15-12(17)11-4-2-3-6-14-11/h5,7,11,14H,2-4,6,8H2,1H3,(H,15,17). The Hall–Kier alpha value is -1.49. The quantitative estimate of drug-likeness (QED) is 0.801. The van der Waals surface area contributed by atoms with Gasteiger partial charge >= 0.3 is 0 Å². The fraction of sp³-hybridized carbons (Fsp3) is 0.583. The second kappa shape index (κ2) is 5.72. The molecule has 1 unspecified atom stereocenters. The SMILES string of the molecule is Cc1nccc(CNC(=O)C2CCCCN2)n1. The molecule has 0 spiro atoms. The van der Waals surface area contributed by atoms with Crippen molar-refractivity contribution in [3.05, 3.63) is 23.8 Å². The first kappa shape index (κ1) is 12.0. The number of carbonyl (C=O) groups excluding carboxylic acids is 1. The Morgan fingerprint density at radius 1 is 1.59 bits per heavy atom. The van der Waals surface area contributed by atoms with E-state index in [1.165, 1.54) is 0 Å². The van der Waals surface area contributed by atoms with Crippen molar-refractivity contribution in [2.45, 2.75) is 38.8 Å². The summed E-state index contributed by atoms with van der Waals surface area (Å²) in [6, 6.07) is 1.79. The van der Waals surface area contributed by atoms with Gasteiger partial charge in [-0.3, -0.25) is 4.79 Å². The number of nitrogens with one attached hydrogen (secondary N) is 2. The summed E-state index contributed by atoms with van der Waals surface area (Å²) in [7, 11) is 0. The average molecular weight is 234 g/mol. The smallest absolute Gasteiger partial charge is 0.237 e. The zero-order chi connectivity index (χ0) is 12.1. The van der Waals surface area contributed by atoms with E-state index >= 15 is 0 Å². The largest absolute Gasteiger partial charge is 0.349 e. The molecule has 0 radical (unpaired) electrons.